The minimum atomic E-state index is 0.156. The standard InChI is InChI=1S/C10H22N4/c1-4-14(8-10(2,3)7-11)9-12-5-6-13-9/h4-8,11H2,1-3H3,(H,12,13). The molecule has 0 aromatic carbocycles. The minimum Gasteiger partial charge on any atom is -0.354 e. The second-order valence-electron chi connectivity index (χ2n) is 4.51. The third-order valence-electron chi connectivity index (χ3n) is 2.51. The topological polar surface area (TPSA) is 53.6 Å². The summed E-state index contributed by atoms with van der Waals surface area (Å²) >= 11 is 0. The maximum Gasteiger partial charge on any atom is 0.194 e. The van der Waals surface area contributed by atoms with Gasteiger partial charge >= 0.3 is 0 Å². The van der Waals surface area contributed by atoms with Gasteiger partial charge in [0, 0.05) is 19.6 Å². The molecule has 1 heterocycles. The predicted octanol–water partition coefficient (Wildman–Crippen LogP) is 0.252. The number of aliphatic imine (C=N–C) groups is 1. The van der Waals surface area contributed by atoms with Crippen molar-refractivity contribution in [3.05, 3.63) is 0 Å². The molecule has 0 aliphatic carbocycles. The van der Waals surface area contributed by atoms with Gasteiger partial charge in [-0.3, -0.25) is 4.99 Å². The number of nitrogens with one attached hydrogen (secondary N) is 1. The van der Waals surface area contributed by atoms with Crippen LogP contribution in [-0.2, 0) is 0 Å². The summed E-state index contributed by atoms with van der Waals surface area (Å²) in [5.41, 5.74) is 5.88. The lowest BCUT2D eigenvalue weighted by Gasteiger charge is -2.32. The van der Waals surface area contributed by atoms with Crippen molar-refractivity contribution >= 4 is 5.96 Å². The third-order valence-corrected chi connectivity index (χ3v) is 2.51. The van der Waals surface area contributed by atoms with Gasteiger partial charge in [0.1, 0.15) is 0 Å². The highest BCUT2D eigenvalue weighted by molar-refractivity contribution is 5.81. The molecule has 0 unspecified atom stereocenters. The average molecular weight is 198 g/mol. The van der Waals surface area contributed by atoms with Crippen LogP contribution in [0.1, 0.15) is 20.8 Å². The van der Waals surface area contributed by atoms with Gasteiger partial charge in [0.05, 0.1) is 6.54 Å². The van der Waals surface area contributed by atoms with Crippen LogP contribution in [0.25, 0.3) is 0 Å². The molecule has 82 valence electrons. The SMILES string of the molecule is CCN(CC(C)(C)CN)C1=NCCN1. The largest absolute Gasteiger partial charge is 0.354 e. The van der Waals surface area contributed by atoms with Crippen LogP contribution in [-0.4, -0.2) is 43.6 Å². The molecule has 0 amide bonds. The Morgan fingerprint density at radius 3 is 2.71 bits per heavy atom. The molecule has 14 heavy (non-hydrogen) atoms. The van der Waals surface area contributed by atoms with Crippen molar-refractivity contribution in [2.75, 3.05) is 32.7 Å². The lowest BCUT2D eigenvalue weighted by Crippen LogP contribution is -2.45. The predicted molar refractivity (Wildman–Crippen MR) is 60.4 cm³/mol. The van der Waals surface area contributed by atoms with Crippen molar-refractivity contribution in [3.63, 3.8) is 0 Å². The van der Waals surface area contributed by atoms with Crippen molar-refractivity contribution in [1.82, 2.24) is 10.2 Å². The summed E-state index contributed by atoms with van der Waals surface area (Å²) in [4.78, 5) is 6.68. The first-order chi connectivity index (χ1) is 6.59. The molecule has 0 bridgehead atoms. The van der Waals surface area contributed by atoms with Gasteiger partial charge < -0.3 is 16.0 Å². The van der Waals surface area contributed by atoms with Gasteiger partial charge in [-0.1, -0.05) is 13.8 Å². The van der Waals surface area contributed by atoms with Gasteiger partial charge in [-0.25, -0.2) is 0 Å². The molecule has 0 radical (unpaired) electrons. The first-order valence-electron chi connectivity index (χ1n) is 5.32. The molecule has 0 atom stereocenters. The van der Waals surface area contributed by atoms with Crippen LogP contribution in [0.3, 0.4) is 0 Å². The highest BCUT2D eigenvalue weighted by Crippen LogP contribution is 2.15. The Morgan fingerprint density at radius 1 is 1.57 bits per heavy atom. The molecule has 4 nitrogen and oxygen atoms in total. The molecule has 0 saturated heterocycles. The monoisotopic (exact) mass is 198 g/mol. The van der Waals surface area contributed by atoms with Gasteiger partial charge in [-0.05, 0) is 18.9 Å². The minimum absolute atomic E-state index is 0.156. The molecular formula is C10H22N4. The normalized spacial score (nSPS) is 16.4. The van der Waals surface area contributed by atoms with Gasteiger partial charge in [-0.15, -0.1) is 0 Å². The van der Waals surface area contributed by atoms with Gasteiger partial charge in [-0.2, -0.15) is 0 Å². The zero-order chi connectivity index (χ0) is 10.6. The zero-order valence-corrected chi connectivity index (χ0v) is 9.51. The van der Waals surface area contributed by atoms with Crippen LogP contribution in [0.2, 0.25) is 0 Å². The fraction of sp³-hybridized carbons (Fsp3) is 0.900. The first-order valence-corrected chi connectivity index (χ1v) is 5.32. The number of guanidine groups is 1. The van der Waals surface area contributed by atoms with Crippen LogP contribution < -0.4 is 11.1 Å². The molecule has 1 aliphatic heterocycles. The van der Waals surface area contributed by atoms with Crippen molar-refractivity contribution in [2.24, 2.45) is 16.1 Å². The molecule has 0 aromatic heterocycles. The van der Waals surface area contributed by atoms with E-state index in [2.05, 4.69) is 36.0 Å². The van der Waals surface area contributed by atoms with Crippen molar-refractivity contribution in [2.45, 2.75) is 20.8 Å². The summed E-state index contributed by atoms with van der Waals surface area (Å²) in [6.45, 7) is 11.0. The number of hydrogen-bond acceptors (Lipinski definition) is 4. The van der Waals surface area contributed by atoms with Crippen molar-refractivity contribution in [1.29, 1.82) is 0 Å². The summed E-state index contributed by atoms with van der Waals surface area (Å²) in [5, 5.41) is 3.29. The molecule has 0 spiro atoms. The van der Waals surface area contributed by atoms with Crippen molar-refractivity contribution < 1.29 is 0 Å². The first kappa shape index (κ1) is 11.3. The fourth-order valence-corrected chi connectivity index (χ4v) is 1.51. The van der Waals surface area contributed by atoms with Gasteiger partial charge in [0.15, 0.2) is 5.96 Å². The zero-order valence-electron chi connectivity index (χ0n) is 9.51. The summed E-state index contributed by atoms with van der Waals surface area (Å²) in [5.74, 6) is 1.04. The van der Waals surface area contributed by atoms with E-state index in [1.54, 1.807) is 0 Å². The van der Waals surface area contributed by atoms with Crippen LogP contribution >= 0.6 is 0 Å². The molecule has 0 aromatic rings. The number of hydrogen-bond donors (Lipinski definition) is 2. The Balaban J connectivity index is 2.54. The van der Waals surface area contributed by atoms with Crippen LogP contribution in [0.4, 0.5) is 0 Å². The summed E-state index contributed by atoms with van der Waals surface area (Å²) in [6.07, 6.45) is 0. The lowest BCUT2D eigenvalue weighted by molar-refractivity contribution is 0.262. The number of nitrogens with zero attached hydrogens (tertiary/aromatic N) is 2. The van der Waals surface area contributed by atoms with E-state index in [9.17, 15) is 0 Å². The van der Waals surface area contributed by atoms with Crippen LogP contribution in [0, 0.1) is 5.41 Å². The molecule has 1 rings (SSSR count). The summed E-state index contributed by atoms with van der Waals surface area (Å²) in [7, 11) is 0. The van der Waals surface area contributed by atoms with Crippen LogP contribution in [0.5, 0.6) is 0 Å². The molecule has 4 heteroatoms. The number of rotatable bonds is 4. The summed E-state index contributed by atoms with van der Waals surface area (Å²) < 4.78 is 0. The van der Waals surface area contributed by atoms with E-state index in [1.165, 1.54) is 0 Å². The highest BCUT2D eigenvalue weighted by atomic mass is 15.3. The van der Waals surface area contributed by atoms with Gasteiger partial charge in [0.25, 0.3) is 0 Å². The van der Waals surface area contributed by atoms with Crippen molar-refractivity contribution in [3.8, 4) is 0 Å². The molecule has 0 fully saturated rings. The number of nitrogens with two attached hydrogens (primary N) is 1. The van der Waals surface area contributed by atoms with E-state index >= 15 is 0 Å². The Labute approximate surface area is 86.6 Å². The third kappa shape index (κ3) is 2.87. The van der Waals surface area contributed by atoms with E-state index < -0.39 is 0 Å². The highest BCUT2D eigenvalue weighted by Gasteiger charge is 2.22. The molecular weight excluding hydrogens is 176 g/mol. The Bertz CT molecular complexity index is 210. The Hall–Kier alpha value is -0.770. The Kier molecular flexibility index (Phi) is 3.75. The fourth-order valence-electron chi connectivity index (χ4n) is 1.51. The maximum absolute atomic E-state index is 5.72. The van der Waals surface area contributed by atoms with Gasteiger partial charge in [0.2, 0.25) is 0 Å². The lowest BCUT2D eigenvalue weighted by atomic mass is 9.93. The second-order valence-corrected chi connectivity index (χ2v) is 4.51. The Morgan fingerprint density at radius 2 is 2.29 bits per heavy atom. The van der Waals surface area contributed by atoms with E-state index in [0.29, 0.717) is 6.54 Å². The average Bonchev–Trinajstić information content (AvgIpc) is 2.67. The molecule has 0 saturated carbocycles. The van der Waals surface area contributed by atoms with Crippen LogP contribution in [0.15, 0.2) is 4.99 Å². The maximum atomic E-state index is 5.72. The molecule has 3 N–H and O–H groups in total. The van der Waals surface area contributed by atoms with E-state index in [1.807, 2.05) is 0 Å². The van der Waals surface area contributed by atoms with E-state index in [0.717, 1.165) is 32.1 Å². The van der Waals surface area contributed by atoms with E-state index in [4.69, 9.17) is 5.73 Å². The summed E-state index contributed by atoms with van der Waals surface area (Å²) in [6, 6.07) is 0. The smallest absolute Gasteiger partial charge is 0.194 e. The second kappa shape index (κ2) is 4.64. The van der Waals surface area contributed by atoms with E-state index in [-0.39, 0.29) is 5.41 Å². The quantitative estimate of drug-likeness (QED) is 0.681. The molecule has 1 aliphatic rings.